The van der Waals surface area contributed by atoms with Crippen LogP contribution in [0.1, 0.15) is 26.7 Å². The van der Waals surface area contributed by atoms with Crippen molar-refractivity contribution in [2.45, 2.75) is 38.3 Å². The van der Waals surface area contributed by atoms with Crippen molar-refractivity contribution in [1.82, 2.24) is 10.2 Å². The zero-order valence-corrected chi connectivity index (χ0v) is 9.22. The second kappa shape index (κ2) is 3.78. The van der Waals surface area contributed by atoms with Crippen molar-refractivity contribution >= 4 is 0 Å². The van der Waals surface area contributed by atoms with E-state index in [1.807, 2.05) is 0 Å². The van der Waals surface area contributed by atoms with Crippen LogP contribution in [-0.4, -0.2) is 42.8 Å². The standard InChI is InChI=1S/C11H21FN2/c1-11(2)8-13-10(9-3-4-9)7-14(11)6-5-12/h9-10,13H,3-8H2,1-2H3. The lowest BCUT2D eigenvalue weighted by Gasteiger charge is -2.46. The highest BCUT2D eigenvalue weighted by molar-refractivity contribution is 4.98. The topological polar surface area (TPSA) is 15.3 Å². The van der Waals surface area contributed by atoms with Crippen LogP contribution >= 0.6 is 0 Å². The molecular formula is C11H21FN2. The van der Waals surface area contributed by atoms with Gasteiger partial charge in [-0.3, -0.25) is 4.90 Å². The van der Waals surface area contributed by atoms with Crippen molar-refractivity contribution in [2.24, 2.45) is 5.92 Å². The van der Waals surface area contributed by atoms with Crippen molar-refractivity contribution in [3.8, 4) is 0 Å². The molecule has 0 aromatic rings. The van der Waals surface area contributed by atoms with Crippen LogP contribution < -0.4 is 5.32 Å². The zero-order valence-electron chi connectivity index (χ0n) is 9.22. The Kier molecular flexibility index (Phi) is 2.80. The van der Waals surface area contributed by atoms with Gasteiger partial charge in [0.05, 0.1) is 0 Å². The predicted molar refractivity (Wildman–Crippen MR) is 56.1 cm³/mol. The van der Waals surface area contributed by atoms with E-state index in [4.69, 9.17) is 0 Å². The summed E-state index contributed by atoms with van der Waals surface area (Å²) in [5.41, 5.74) is 0.123. The maximum absolute atomic E-state index is 12.4. The van der Waals surface area contributed by atoms with E-state index in [-0.39, 0.29) is 12.2 Å². The number of nitrogens with zero attached hydrogens (tertiary/aromatic N) is 1. The molecule has 2 rings (SSSR count). The Morgan fingerprint density at radius 2 is 2.14 bits per heavy atom. The number of hydrogen-bond acceptors (Lipinski definition) is 2. The minimum atomic E-state index is -0.221. The average Bonchev–Trinajstić information content (AvgIpc) is 2.92. The van der Waals surface area contributed by atoms with E-state index in [2.05, 4.69) is 24.1 Å². The summed E-state index contributed by atoms with van der Waals surface area (Å²) in [5.74, 6) is 0.869. The minimum Gasteiger partial charge on any atom is -0.311 e. The number of alkyl halides is 1. The Balaban J connectivity index is 1.94. The molecule has 1 aliphatic carbocycles. The van der Waals surface area contributed by atoms with E-state index in [1.165, 1.54) is 12.8 Å². The molecule has 3 heteroatoms. The fourth-order valence-corrected chi connectivity index (χ4v) is 2.35. The predicted octanol–water partition coefficient (Wildman–Crippen LogP) is 1.42. The third kappa shape index (κ3) is 2.09. The molecule has 2 nitrogen and oxygen atoms in total. The molecule has 14 heavy (non-hydrogen) atoms. The Bertz CT molecular complexity index is 201. The monoisotopic (exact) mass is 200 g/mol. The third-order valence-corrected chi connectivity index (χ3v) is 3.62. The van der Waals surface area contributed by atoms with Gasteiger partial charge in [-0.15, -0.1) is 0 Å². The molecule has 1 saturated heterocycles. The molecule has 0 spiro atoms. The van der Waals surface area contributed by atoms with Gasteiger partial charge < -0.3 is 5.32 Å². The van der Waals surface area contributed by atoms with Crippen molar-refractivity contribution < 1.29 is 4.39 Å². The lowest BCUT2D eigenvalue weighted by atomic mass is 9.96. The van der Waals surface area contributed by atoms with Crippen LogP contribution in [0.25, 0.3) is 0 Å². The van der Waals surface area contributed by atoms with Crippen LogP contribution in [0.5, 0.6) is 0 Å². The highest BCUT2D eigenvalue weighted by atomic mass is 19.1. The summed E-state index contributed by atoms with van der Waals surface area (Å²) in [7, 11) is 0. The first-order valence-electron chi connectivity index (χ1n) is 5.68. The molecule has 1 N–H and O–H groups in total. The van der Waals surface area contributed by atoms with Crippen molar-refractivity contribution in [1.29, 1.82) is 0 Å². The molecular weight excluding hydrogens is 179 g/mol. The first-order valence-corrected chi connectivity index (χ1v) is 5.68. The van der Waals surface area contributed by atoms with Gasteiger partial charge in [-0.25, -0.2) is 4.39 Å². The van der Waals surface area contributed by atoms with Gasteiger partial charge in [0.2, 0.25) is 0 Å². The van der Waals surface area contributed by atoms with Crippen LogP contribution in [-0.2, 0) is 0 Å². The van der Waals surface area contributed by atoms with Gasteiger partial charge in [0.15, 0.2) is 0 Å². The molecule has 82 valence electrons. The largest absolute Gasteiger partial charge is 0.311 e. The Morgan fingerprint density at radius 3 is 2.71 bits per heavy atom. The molecule has 1 atom stereocenters. The van der Waals surface area contributed by atoms with Gasteiger partial charge in [0, 0.05) is 31.2 Å². The average molecular weight is 200 g/mol. The van der Waals surface area contributed by atoms with E-state index in [0.717, 1.165) is 19.0 Å². The maximum atomic E-state index is 12.4. The number of rotatable bonds is 3. The number of nitrogens with one attached hydrogen (secondary N) is 1. The zero-order chi connectivity index (χ0) is 10.2. The minimum absolute atomic E-state index is 0.123. The van der Waals surface area contributed by atoms with Crippen molar-refractivity contribution in [3.63, 3.8) is 0 Å². The number of piperazine rings is 1. The molecule has 2 aliphatic rings. The lowest BCUT2D eigenvalue weighted by molar-refractivity contribution is 0.0552. The smallest absolute Gasteiger partial charge is 0.102 e. The van der Waals surface area contributed by atoms with Gasteiger partial charge in [-0.2, -0.15) is 0 Å². The fourth-order valence-electron chi connectivity index (χ4n) is 2.35. The lowest BCUT2D eigenvalue weighted by Crippen LogP contribution is -2.62. The summed E-state index contributed by atoms with van der Waals surface area (Å²) in [6.07, 6.45) is 2.73. The highest BCUT2D eigenvalue weighted by Gasteiger charge is 2.39. The molecule has 1 saturated carbocycles. The van der Waals surface area contributed by atoms with Crippen LogP contribution in [0, 0.1) is 5.92 Å². The number of hydrogen-bond donors (Lipinski definition) is 1. The first-order chi connectivity index (χ1) is 6.63. The van der Waals surface area contributed by atoms with E-state index in [0.29, 0.717) is 12.6 Å². The van der Waals surface area contributed by atoms with Gasteiger partial charge in [-0.1, -0.05) is 0 Å². The maximum Gasteiger partial charge on any atom is 0.102 e. The highest BCUT2D eigenvalue weighted by Crippen LogP contribution is 2.35. The van der Waals surface area contributed by atoms with Crippen molar-refractivity contribution in [3.05, 3.63) is 0 Å². The Morgan fingerprint density at radius 1 is 1.43 bits per heavy atom. The molecule has 0 radical (unpaired) electrons. The molecule has 1 aliphatic heterocycles. The van der Waals surface area contributed by atoms with Crippen LogP contribution in [0.4, 0.5) is 4.39 Å². The second-order valence-electron chi connectivity index (χ2n) is 5.27. The fraction of sp³-hybridized carbons (Fsp3) is 1.00. The van der Waals surface area contributed by atoms with Gasteiger partial charge >= 0.3 is 0 Å². The second-order valence-corrected chi connectivity index (χ2v) is 5.27. The molecule has 0 aromatic heterocycles. The summed E-state index contributed by atoms with van der Waals surface area (Å²) < 4.78 is 12.4. The third-order valence-electron chi connectivity index (χ3n) is 3.62. The van der Waals surface area contributed by atoms with Crippen molar-refractivity contribution in [2.75, 3.05) is 26.3 Å². The normalized spacial score (nSPS) is 33.2. The van der Waals surface area contributed by atoms with Crippen LogP contribution in [0.15, 0.2) is 0 Å². The molecule has 0 aromatic carbocycles. The Hall–Kier alpha value is -0.150. The molecule has 0 amide bonds. The van der Waals surface area contributed by atoms with Gasteiger partial charge in [0.25, 0.3) is 0 Å². The van der Waals surface area contributed by atoms with E-state index in [1.54, 1.807) is 0 Å². The molecule has 1 unspecified atom stereocenters. The van der Waals surface area contributed by atoms with E-state index in [9.17, 15) is 4.39 Å². The summed E-state index contributed by atoms with van der Waals surface area (Å²) in [5, 5.41) is 3.60. The first kappa shape index (κ1) is 10.4. The molecule has 1 heterocycles. The van der Waals surface area contributed by atoms with Crippen LogP contribution in [0.2, 0.25) is 0 Å². The van der Waals surface area contributed by atoms with E-state index < -0.39 is 0 Å². The quantitative estimate of drug-likeness (QED) is 0.741. The summed E-state index contributed by atoms with van der Waals surface area (Å²) in [6.45, 7) is 6.78. The summed E-state index contributed by atoms with van der Waals surface area (Å²) >= 11 is 0. The number of halogens is 1. The summed E-state index contributed by atoms with van der Waals surface area (Å²) in [6, 6.07) is 0.620. The Labute approximate surface area is 85.9 Å². The molecule has 0 bridgehead atoms. The van der Waals surface area contributed by atoms with Gasteiger partial charge in [0.1, 0.15) is 6.67 Å². The van der Waals surface area contributed by atoms with Crippen LogP contribution in [0.3, 0.4) is 0 Å². The van der Waals surface area contributed by atoms with Gasteiger partial charge in [-0.05, 0) is 32.6 Å². The van der Waals surface area contributed by atoms with E-state index >= 15 is 0 Å². The molecule has 2 fully saturated rings. The SMILES string of the molecule is CC1(C)CNC(C2CC2)CN1CCF. The summed E-state index contributed by atoms with van der Waals surface area (Å²) in [4.78, 5) is 2.30.